The minimum absolute atomic E-state index is 0.237. The molecule has 1 N–H and O–H groups in total. The molecule has 1 saturated heterocycles. The maximum atomic E-state index is 10.8. The van der Waals surface area contributed by atoms with Gasteiger partial charge in [-0.1, -0.05) is 6.92 Å². The highest BCUT2D eigenvalue weighted by Crippen LogP contribution is 1.96. The van der Waals surface area contributed by atoms with Crippen LogP contribution in [0.4, 0.5) is 0 Å². The monoisotopic (exact) mass is 164 g/mol. The molecular weight excluding hydrogens is 152 g/mol. The van der Waals surface area contributed by atoms with E-state index < -0.39 is 10.0 Å². The normalized spacial score (nSPS) is 26.5. The minimum Gasteiger partial charge on any atom is -0.289 e. The highest BCUT2D eigenvalue weighted by atomic mass is 32.2. The average molecular weight is 164 g/mol. The van der Waals surface area contributed by atoms with E-state index in [1.807, 2.05) is 11.8 Å². The van der Waals surface area contributed by atoms with Gasteiger partial charge in [-0.2, -0.15) is 0 Å². The standard InChI is InChI=1S/C5H12N2O2S/c1-2-7-3-4-10(8,9)6-5-7/h6H,2-5H2,1H3. The van der Waals surface area contributed by atoms with Crippen LogP contribution in [0.3, 0.4) is 0 Å². The molecule has 0 bridgehead atoms. The van der Waals surface area contributed by atoms with Crippen LogP contribution in [0, 0.1) is 0 Å². The van der Waals surface area contributed by atoms with E-state index in [-0.39, 0.29) is 5.75 Å². The molecule has 4 nitrogen and oxygen atoms in total. The van der Waals surface area contributed by atoms with Crippen LogP contribution in [-0.2, 0) is 10.0 Å². The number of nitrogens with zero attached hydrogens (tertiary/aromatic N) is 1. The maximum Gasteiger partial charge on any atom is 0.213 e. The molecule has 5 heteroatoms. The Morgan fingerprint density at radius 3 is 2.70 bits per heavy atom. The molecule has 1 rings (SSSR count). The number of rotatable bonds is 1. The second kappa shape index (κ2) is 2.86. The van der Waals surface area contributed by atoms with Crippen LogP contribution >= 0.6 is 0 Å². The van der Waals surface area contributed by atoms with Crippen LogP contribution in [0.1, 0.15) is 6.92 Å². The molecule has 0 aromatic rings. The molecular formula is C5H12N2O2S. The van der Waals surface area contributed by atoms with Crippen molar-refractivity contribution in [3.05, 3.63) is 0 Å². The lowest BCUT2D eigenvalue weighted by atomic mass is 10.5. The van der Waals surface area contributed by atoms with Crippen LogP contribution < -0.4 is 4.72 Å². The van der Waals surface area contributed by atoms with Gasteiger partial charge in [-0.05, 0) is 6.54 Å². The predicted molar refractivity (Wildman–Crippen MR) is 39.0 cm³/mol. The summed E-state index contributed by atoms with van der Waals surface area (Å²) < 4.78 is 24.0. The summed E-state index contributed by atoms with van der Waals surface area (Å²) in [7, 11) is -2.92. The summed E-state index contributed by atoms with van der Waals surface area (Å²) in [5.41, 5.74) is 0. The maximum absolute atomic E-state index is 10.8. The van der Waals surface area contributed by atoms with Gasteiger partial charge in [0.25, 0.3) is 0 Å². The number of nitrogens with one attached hydrogen (secondary N) is 1. The Morgan fingerprint density at radius 1 is 1.60 bits per heavy atom. The second-order valence-corrected chi connectivity index (χ2v) is 4.26. The van der Waals surface area contributed by atoms with Gasteiger partial charge in [0.15, 0.2) is 0 Å². The van der Waals surface area contributed by atoms with Crippen LogP contribution in [0.5, 0.6) is 0 Å². The third-order valence-electron chi connectivity index (χ3n) is 1.63. The van der Waals surface area contributed by atoms with Gasteiger partial charge in [0, 0.05) is 6.54 Å². The van der Waals surface area contributed by atoms with Crippen LogP contribution in [0.25, 0.3) is 0 Å². The van der Waals surface area contributed by atoms with Crippen molar-refractivity contribution in [1.29, 1.82) is 0 Å². The molecule has 1 aliphatic heterocycles. The van der Waals surface area contributed by atoms with E-state index in [4.69, 9.17) is 0 Å². The fourth-order valence-electron chi connectivity index (χ4n) is 0.860. The van der Waals surface area contributed by atoms with Crippen molar-refractivity contribution >= 4 is 10.0 Å². The Kier molecular flexibility index (Phi) is 2.28. The smallest absolute Gasteiger partial charge is 0.213 e. The first kappa shape index (κ1) is 7.97. The first-order valence-electron chi connectivity index (χ1n) is 3.34. The molecule has 1 fully saturated rings. The summed E-state index contributed by atoms with van der Waals surface area (Å²) in [5.74, 6) is 0.237. The third kappa shape index (κ3) is 1.93. The number of hydrogen-bond acceptors (Lipinski definition) is 3. The van der Waals surface area contributed by atoms with E-state index in [9.17, 15) is 8.42 Å². The van der Waals surface area contributed by atoms with Gasteiger partial charge >= 0.3 is 0 Å². The zero-order valence-corrected chi connectivity index (χ0v) is 6.82. The van der Waals surface area contributed by atoms with E-state index in [0.717, 1.165) is 6.54 Å². The third-order valence-corrected chi connectivity index (χ3v) is 2.92. The molecule has 60 valence electrons. The summed E-state index contributed by atoms with van der Waals surface area (Å²) >= 11 is 0. The van der Waals surface area contributed by atoms with Crippen LogP contribution in [0.2, 0.25) is 0 Å². The van der Waals surface area contributed by atoms with E-state index >= 15 is 0 Å². The first-order chi connectivity index (χ1) is 4.64. The number of sulfonamides is 1. The molecule has 0 aliphatic carbocycles. The van der Waals surface area contributed by atoms with Gasteiger partial charge in [-0.3, -0.25) is 4.90 Å². The van der Waals surface area contributed by atoms with Crippen molar-refractivity contribution < 1.29 is 8.42 Å². The lowest BCUT2D eigenvalue weighted by Gasteiger charge is -2.25. The molecule has 0 unspecified atom stereocenters. The van der Waals surface area contributed by atoms with Crippen molar-refractivity contribution in [2.45, 2.75) is 6.92 Å². The first-order valence-corrected chi connectivity index (χ1v) is 4.99. The minimum atomic E-state index is -2.92. The summed E-state index contributed by atoms with van der Waals surface area (Å²) in [6.45, 7) is 4.05. The lowest BCUT2D eigenvalue weighted by Crippen LogP contribution is -2.47. The lowest BCUT2D eigenvalue weighted by molar-refractivity contribution is 0.287. The largest absolute Gasteiger partial charge is 0.289 e. The summed E-state index contributed by atoms with van der Waals surface area (Å²) in [6, 6.07) is 0. The summed E-state index contributed by atoms with van der Waals surface area (Å²) in [6.07, 6.45) is 0. The Hall–Kier alpha value is -0.130. The van der Waals surface area contributed by atoms with Crippen molar-refractivity contribution in [2.24, 2.45) is 0 Å². The van der Waals surface area contributed by atoms with Crippen LogP contribution in [-0.4, -0.2) is 38.8 Å². The summed E-state index contributed by atoms with van der Waals surface area (Å²) in [5, 5.41) is 0. The van der Waals surface area contributed by atoms with Gasteiger partial charge in [0.1, 0.15) is 0 Å². The molecule has 1 heterocycles. The van der Waals surface area contributed by atoms with Crippen molar-refractivity contribution in [2.75, 3.05) is 25.5 Å². The second-order valence-electron chi connectivity index (χ2n) is 2.33. The molecule has 1 aliphatic rings. The Bertz CT molecular complexity index is 186. The fraction of sp³-hybridized carbons (Fsp3) is 1.00. The molecule has 0 radical (unpaired) electrons. The Morgan fingerprint density at radius 2 is 2.30 bits per heavy atom. The summed E-state index contributed by atoms with van der Waals surface area (Å²) in [4.78, 5) is 2.04. The average Bonchev–Trinajstić information content (AvgIpc) is 1.88. The van der Waals surface area contributed by atoms with Gasteiger partial charge in [-0.25, -0.2) is 13.1 Å². The SMILES string of the molecule is CCN1CCS(=O)(=O)NC1. The van der Waals surface area contributed by atoms with Crippen molar-refractivity contribution in [1.82, 2.24) is 9.62 Å². The zero-order chi connectivity index (χ0) is 7.61. The number of hydrogen-bond donors (Lipinski definition) is 1. The van der Waals surface area contributed by atoms with E-state index in [1.165, 1.54) is 0 Å². The molecule has 0 amide bonds. The van der Waals surface area contributed by atoms with Gasteiger partial charge in [0.05, 0.1) is 12.4 Å². The highest BCUT2D eigenvalue weighted by Gasteiger charge is 2.18. The molecule has 0 saturated carbocycles. The zero-order valence-electron chi connectivity index (χ0n) is 6.00. The van der Waals surface area contributed by atoms with Crippen molar-refractivity contribution in [3.63, 3.8) is 0 Å². The molecule has 0 aromatic heterocycles. The Labute approximate surface area is 61.3 Å². The molecule has 0 atom stereocenters. The Balaban J connectivity index is 2.46. The van der Waals surface area contributed by atoms with E-state index in [1.54, 1.807) is 0 Å². The van der Waals surface area contributed by atoms with Crippen molar-refractivity contribution in [3.8, 4) is 0 Å². The highest BCUT2D eigenvalue weighted by molar-refractivity contribution is 7.89. The van der Waals surface area contributed by atoms with Crippen LogP contribution in [0.15, 0.2) is 0 Å². The van der Waals surface area contributed by atoms with Gasteiger partial charge < -0.3 is 0 Å². The molecule has 10 heavy (non-hydrogen) atoms. The molecule has 0 aromatic carbocycles. The predicted octanol–water partition coefficient (Wildman–Crippen LogP) is -0.801. The molecule has 0 spiro atoms. The van der Waals surface area contributed by atoms with E-state index in [2.05, 4.69) is 4.72 Å². The topological polar surface area (TPSA) is 49.4 Å². The van der Waals surface area contributed by atoms with Gasteiger partial charge in [0.2, 0.25) is 10.0 Å². The van der Waals surface area contributed by atoms with E-state index in [0.29, 0.717) is 13.2 Å². The fourth-order valence-corrected chi connectivity index (χ4v) is 1.88. The quantitative estimate of drug-likeness (QED) is 0.552. The van der Waals surface area contributed by atoms with Gasteiger partial charge in [-0.15, -0.1) is 0 Å².